The Kier molecular flexibility index (Phi) is 5.63. The van der Waals surface area contributed by atoms with Gasteiger partial charge in [-0.1, -0.05) is 53.9 Å². The zero-order valence-electron chi connectivity index (χ0n) is 10.0. The maximum atomic E-state index is 6.20. The van der Waals surface area contributed by atoms with Crippen molar-refractivity contribution in [2.45, 2.75) is 33.6 Å². The lowest BCUT2D eigenvalue weighted by Crippen LogP contribution is -2.03. The van der Waals surface area contributed by atoms with E-state index < -0.39 is 0 Å². The summed E-state index contributed by atoms with van der Waals surface area (Å²) in [4.78, 5) is 0. The highest BCUT2D eigenvalue weighted by Crippen LogP contribution is 2.29. The quantitative estimate of drug-likeness (QED) is 0.700. The van der Waals surface area contributed by atoms with E-state index in [9.17, 15) is 0 Å². The van der Waals surface area contributed by atoms with Crippen LogP contribution in [-0.4, -0.2) is 6.61 Å². The summed E-state index contributed by atoms with van der Waals surface area (Å²) in [5, 5.41) is 0.701. The van der Waals surface area contributed by atoms with E-state index in [2.05, 4.69) is 42.8 Å². The highest BCUT2D eigenvalue weighted by Gasteiger charge is 2.12. The van der Waals surface area contributed by atoms with Crippen LogP contribution < -0.4 is 0 Å². The average molecular weight is 306 g/mol. The van der Waals surface area contributed by atoms with Crippen molar-refractivity contribution in [3.63, 3.8) is 0 Å². The Bertz CT molecular complexity index is 340. The molecule has 1 rings (SSSR count). The summed E-state index contributed by atoms with van der Waals surface area (Å²) in [6, 6.07) is 0. The molecule has 1 aliphatic rings. The molecule has 0 spiro atoms. The van der Waals surface area contributed by atoms with Gasteiger partial charge in [-0.25, -0.2) is 0 Å². The summed E-state index contributed by atoms with van der Waals surface area (Å²) in [6.45, 7) is 7.13. The summed E-state index contributed by atoms with van der Waals surface area (Å²) < 4.78 is 6.77. The van der Waals surface area contributed by atoms with Crippen molar-refractivity contribution in [3.05, 3.63) is 33.0 Å². The van der Waals surface area contributed by atoms with Crippen LogP contribution in [0.3, 0.4) is 0 Å². The molecular weight excluding hydrogens is 287 g/mol. The third-order valence-corrected chi connectivity index (χ3v) is 3.08. The number of hydrogen-bond donors (Lipinski definition) is 0. The molecule has 1 nitrogen and oxygen atoms in total. The molecule has 0 N–H and O–H groups in total. The third-order valence-electron chi connectivity index (χ3n) is 2.31. The van der Waals surface area contributed by atoms with Crippen LogP contribution in [0.5, 0.6) is 0 Å². The summed E-state index contributed by atoms with van der Waals surface area (Å²) >= 11 is 9.68. The van der Waals surface area contributed by atoms with E-state index >= 15 is 0 Å². The van der Waals surface area contributed by atoms with Gasteiger partial charge in [-0.2, -0.15) is 0 Å². The van der Waals surface area contributed by atoms with E-state index in [1.54, 1.807) is 0 Å². The first-order chi connectivity index (χ1) is 7.52. The first-order valence-electron chi connectivity index (χ1n) is 5.61. The second-order valence-corrected chi connectivity index (χ2v) is 5.66. The molecule has 0 aromatic carbocycles. The standard InChI is InChI=1S/C13H18BrClO/c1-4-10-5-11(14)7-12(15)13(6-10)16-8-9(2)3/h5,7,9H,4,6,8H2,1-3H3. The van der Waals surface area contributed by atoms with Gasteiger partial charge in [0.25, 0.3) is 0 Å². The fourth-order valence-electron chi connectivity index (χ4n) is 1.39. The van der Waals surface area contributed by atoms with Crippen molar-refractivity contribution in [1.82, 2.24) is 0 Å². The van der Waals surface area contributed by atoms with E-state index in [0.717, 1.165) is 23.1 Å². The van der Waals surface area contributed by atoms with Gasteiger partial charge < -0.3 is 4.74 Å². The lowest BCUT2D eigenvalue weighted by molar-refractivity contribution is 0.173. The van der Waals surface area contributed by atoms with E-state index in [-0.39, 0.29) is 0 Å². The zero-order chi connectivity index (χ0) is 12.1. The summed E-state index contributed by atoms with van der Waals surface area (Å²) in [5.41, 5.74) is 1.33. The predicted octanol–water partition coefficient (Wildman–Crippen LogP) is 5.13. The van der Waals surface area contributed by atoms with Crippen LogP contribution in [0.4, 0.5) is 0 Å². The van der Waals surface area contributed by atoms with Gasteiger partial charge in [0.05, 0.1) is 11.6 Å². The summed E-state index contributed by atoms with van der Waals surface area (Å²) in [6.07, 6.45) is 5.85. The number of hydrogen-bond acceptors (Lipinski definition) is 1. The molecule has 3 heteroatoms. The maximum absolute atomic E-state index is 6.20. The smallest absolute Gasteiger partial charge is 0.119 e. The van der Waals surface area contributed by atoms with Gasteiger partial charge in [0.1, 0.15) is 5.76 Å². The fraction of sp³-hybridized carbons (Fsp3) is 0.538. The minimum Gasteiger partial charge on any atom is -0.496 e. The molecule has 0 aliphatic heterocycles. The summed E-state index contributed by atoms with van der Waals surface area (Å²) in [5.74, 6) is 1.40. The second-order valence-electron chi connectivity index (χ2n) is 4.34. The molecule has 0 heterocycles. The van der Waals surface area contributed by atoms with Crippen LogP contribution in [0, 0.1) is 5.92 Å². The second kappa shape index (κ2) is 6.51. The van der Waals surface area contributed by atoms with Gasteiger partial charge >= 0.3 is 0 Å². The fourth-order valence-corrected chi connectivity index (χ4v) is 2.32. The van der Waals surface area contributed by atoms with Gasteiger partial charge in [-0.3, -0.25) is 0 Å². The Labute approximate surface area is 111 Å². The molecule has 0 saturated heterocycles. The molecule has 0 amide bonds. The molecule has 0 aromatic rings. The first-order valence-corrected chi connectivity index (χ1v) is 6.78. The van der Waals surface area contributed by atoms with Gasteiger partial charge in [0.2, 0.25) is 0 Å². The minimum atomic E-state index is 0.515. The Morgan fingerprint density at radius 1 is 1.44 bits per heavy atom. The van der Waals surface area contributed by atoms with Gasteiger partial charge in [0.15, 0.2) is 0 Å². The highest BCUT2D eigenvalue weighted by molar-refractivity contribution is 9.11. The Morgan fingerprint density at radius 2 is 2.12 bits per heavy atom. The van der Waals surface area contributed by atoms with Crippen LogP contribution in [0.2, 0.25) is 0 Å². The molecule has 0 bridgehead atoms. The third kappa shape index (κ3) is 4.34. The zero-order valence-corrected chi connectivity index (χ0v) is 12.4. The van der Waals surface area contributed by atoms with Crippen molar-refractivity contribution in [3.8, 4) is 0 Å². The van der Waals surface area contributed by atoms with Crippen LogP contribution in [-0.2, 0) is 4.74 Å². The topological polar surface area (TPSA) is 9.23 Å². The van der Waals surface area contributed by atoms with Gasteiger partial charge in [0, 0.05) is 10.9 Å². The van der Waals surface area contributed by atoms with Crippen LogP contribution >= 0.6 is 27.5 Å². The lowest BCUT2D eigenvalue weighted by atomic mass is 10.1. The van der Waals surface area contributed by atoms with Crippen molar-refractivity contribution in [2.24, 2.45) is 5.92 Å². The van der Waals surface area contributed by atoms with E-state index in [1.807, 2.05) is 6.08 Å². The van der Waals surface area contributed by atoms with Crippen LogP contribution in [0.25, 0.3) is 0 Å². The normalized spacial score (nSPS) is 17.1. The predicted molar refractivity (Wildman–Crippen MR) is 73.7 cm³/mol. The average Bonchev–Trinajstić information content (AvgIpc) is 2.34. The van der Waals surface area contributed by atoms with Crippen molar-refractivity contribution < 1.29 is 4.74 Å². The molecule has 16 heavy (non-hydrogen) atoms. The number of rotatable bonds is 4. The monoisotopic (exact) mass is 304 g/mol. The highest BCUT2D eigenvalue weighted by atomic mass is 79.9. The maximum Gasteiger partial charge on any atom is 0.119 e. The Morgan fingerprint density at radius 3 is 2.69 bits per heavy atom. The molecule has 0 unspecified atom stereocenters. The van der Waals surface area contributed by atoms with Gasteiger partial charge in [-0.15, -0.1) is 0 Å². The first kappa shape index (κ1) is 13.9. The Hall–Kier alpha value is -0.210. The van der Waals surface area contributed by atoms with Crippen LogP contribution in [0.1, 0.15) is 33.6 Å². The van der Waals surface area contributed by atoms with Crippen LogP contribution in [0.15, 0.2) is 33.0 Å². The molecule has 0 radical (unpaired) electrons. The van der Waals surface area contributed by atoms with Crippen molar-refractivity contribution in [1.29, 1.82) is 0 Å². The largest absolute Gasteiger partial charge is 0.496 e. The van der Waals surface area contributed by atoms with Crippen molar-refractivity contribution >= 4 is 27.5 Å². The molecular formula is C13H18BrClO. The molecule has 0 saturated carbocycles. The number of halogens is 2. The molecule has 0 fully saturated rings. The van der Waals surface area contributed by atoms with E-state index in [4.69, 9.17) is 16.3 Å². The van der Waals surface area contributed by atoms with Crippen molar-refractivity contribution in [2.75, 3.05) is 6.61 Å². The van der Waals surface area contributed by atoms with E-state index in [0.29, 0.717) is 17.6 Å². The molecule has 0 aromatic heterocycles. The SMILES string of the molecule is CCC1=CC(Br)=CC(Cl)=C(OCC(C)C)C1. The number of allylic oxidation sites excluding steroid dienone is 5. The lowest BCUT2D eigenvalue weighted by Gasteiger charge is -2.13. The molecule has 0 atom stereocenters. The molecule has 90 valence electrons. The minimum absolute atomic E-state index is 0.515. The summed E-state index contributed by atoms with van der Waals surface area (Å²) in [7, 11) is 0. The van der Waals surface area contributed by atoms with E-state index in [1.165, 1.54) is 5.57 Å². The Balaban J connectivity index is 2.81. The molecule has 1 aliphatic carbocycles. The van der Waals surface area contributed by atoms with Gasteiger partial charge in [-0.05, 0) is 24.5 Å². The number of ether oxygens (including phenoxy) is 1.